The van der Waals surface area contributed by atoms with Gasteiger partial charge in [0, 0.05) is 26.2 Å². The van der Waals surface area contributed by atoms with Crippen LogP contribution in [0.1, 0.15) is 17.5 Å². The number of aliphatic hydroxyl groups is 1. The quantitative estimate of drug-likeness (QED) is 0.817. The van der Waals surface area contributed by atoms with Crippen LogP contribution in [-0.4, -0.2) is 54.9 Å². The smallest absolute Gasteiger partial charge is 0.234 e. The first kappa shape index (κ1) is 16.9. The van der Waals surface area contributed by atoms with Crippen molar-refractivity contribution in [3.63, 3.8) is 0 Å². The lowest BCUT2D eigenvalue weighted by Crippen LogP contribution is -2.41. The number of rotatable bonds is 6. The number of halogens is 1. The lowest BCUT2D eigenvalue weighted by atomic mass is 10.1. The first-order chi connectivity index (χ1) is 10.5. The maximum atomic E-state index is 13.4. The third-order valence-corrected chi connectivity index (χ3v) is 4.11. The van der Waals surface area contributed by atoms with Gasteiger partial charge < -0.3 is 15.2 Å². The molecule has 0 radical (unpaired) electrons. The minimum Gasteiger partial charge on any atom is -0.395 e. The average molecular weight is 310 g/mol. The van der Waals surface area contributed by atoms with Crippen LogP contribution in [0.2, 0.25) is 0 Å². The lowest BCUT2D eigenvalue weighted by Gasteiger charge is -2.21. The van der Waals surface area contributed by atoms with Gasteiger partial charge in [-0.1, -0.05) is 12.1 Å². The highest BCUT2D eigenvalue weighted by Gasteiger charge is 2.32. The summed E-state index contributed by atoms with van der Waals surface area (Å²) in [4.78, 5) is 13.9. The standard InChI is InChI=1S/C16H23FN2O3/c1-11-3-4-12(5-15(11)17)7-18-16(21)9-19-8-14(22-2)6-13(19)10-20/h3-5,13-14,20H,6-10H2,1-2H3,(H,18,21)/t13-,14-/m0/s1. The first-order valence-electron chi connectivity index (χ1n) is 7.43. The van der Waals surface area contributed by atoms with E-state index in [4.69, 9.17) is 4.74 Å². The molecule has 0 aromatic heterocycles. The van der Waals surface area contributed by atoms with E-state index in [0.717, 1.165) is 12.0 Å². The molecule has 0 bridgehead atoms. The van der Waals surface area contributed by atoms with Gasteiger partial charge in [-0.25, -0.2) is 4.39 Å². The van der Waals surface area contributed by atoms with E-state index < -0.39 is 0 Å². The summed E-state index contributed by atoms with van der Waals surface area (Å²) in [6.07, 6.45) is 0.778. The van der Waals surface area contributed by atoms with Crippen LogP contribution in [0.25, 0.3) is 0 Å². The van der Waals surface area contributed by atoms with Crippen molar-refractivity contribution in [2.24, 2.45) is 0 Å². The van der Waals surface area contributed by atoms with E-state index in [1.54, 1.807) is 26.2 Å². The van der Waals surface area contributed by atoms with E-state index in [-0.39, 0.29) is 37.0 Å². The summed E-state index contributed by atoms with van der Waals surface area (Å²) in [5, 5.41) is 12.1. The molecule has 2 rings (SSSR count). The van der Waals surface area contributed by atoms with Crippen molar-refractivity contribution in [2.75, 3.05) is 26.8 Å². The maximum absolute atomic E-state index is 13.4. The Morgan fingerprint density at radius 1 is 1.55 bits per heavy atom. The lowest BCUT2D eigenvalue weighted by molar-refractivity contribution is -0.122. The van der Waals surface area contributed by atoms with Gasteiger partial charge in [-0.2, -0.15) is 0 Å². The molecule has 2 atom stereocenters. The number of carbonyl (C=O) groups excluding carboxylic acids is 1. The third kappa shape index (κ3) is 4.25. The highest BCUT2D eigenvalue weighted by atomic mass is 19.1. The summed E-state index contributed by atoms with van der Waals surface area (Å²) in [5.74, 6) is -0.411. The fraction of sp³-hybridized carbons (Fsp3) is 0.562. The second-order valence-electron chi connectivity index (χ2n) is 5.72. The summed E-state index contributed by atoms with van der Waals surface area (Å²) in [6, 6.07) is 4.88. The highest BCUT2D eigenvalue weighted by molar-refractivity contribution is 5.78. The van der Waals surface area contributed by atoms with Gasteiger partial charge in [0.15, 0.2) is 0 Å². The molecule has 0 unspecified atom stereocenters. The van der Waals surface area contributed by atoms with Crippen molar-refractivity contribution in [2.45, 2.75) is 32.0 Å². The summed E-state index contributed by atoms with van der Waals surface area (Å²) in [7, 11) is 1.63. The molecule has 1 amide bonds. The van der Waals surface area contributed by atoms with Gasteiger partial charge >= 0.3 is 0 Å². The Bertz CT molecular complexity index is 524. The van der Waals surface area contributed by atoms with Crippen molar-refractivity contribution in [3.05, 3.63) is 35.1 Å². The summed E-state index contributed by atoms with van der Waals surface area (Å²) in [5.41, 5.74) is 1.31. The van der Waals surface area contributed by atoms with E-state index >= 15 is 0 Å². The first-order valence-corrected chi connectivity index (χ1v) is 7.43. The van der Waals surface area contributed by atoms with E-state index in [9.17, 15) is 14.3 Å². The number of nitrogens with one attached hydrogen (secondary N) is 1. The minimum absolute atomic E-state index is 0.0102. The highest BCUT2D eigenvalue weighted by Crippen LogP contribution is 2.19. The van der Waals surface area contributed by atoms with Crippen LogP contribution in [0.5, 0.6) is 0 Å². The number of ether oxygens (including phenoxy) is 1. The molecule has 1 saturated heterocycles. The van der Waals surface area contributed by atoms with Crippen LogP contribution in [0.3, 0.4) is 0 Å². The number of amides is 1. The maximum Gasteiger partial charge on any atom is 0.234 e. The third-order valence-electron chi connectivity index (χ3n) is 4.11. The van der Waals surface area contributed by atoms with Crippen LogP contribution >= 0.6 is 0 Å². The molecule has 1 heterocycles. The van der Waals surface area contributed by atoms with Gasteiger partial charge in [0.25, 0.3) is 0 Å². The molecule has 1 aromatic rings. The van der Waals surface area contributed by atoms with Crippen LogP contribution in [0, 0.1) is 12.7 Å². The number of likely N-dealkylation sites (tertiary alicyclic amines) is 1. The Balaban J connectivity index is 1.83. The van der Waals surface area contributed by atoms with E-state index in [2.05, 4.69) is 5.32 Å². The van der Waals surface area contributed by atoms with Crippen molar-refractivity contribution >= 4 is 5.91 Å². The number of hydrogen-bond acceptors (Lipinski definition) is 4. The fourth-order valence-electron chi connectivity index (χ4n) is 2.68. The number of benzene rings is 1. The number of nitrogens with zero attached hydrogens (tertiary/aromatic N) is 1. The van der Waals surface area contributed by atoms with Gasteiger partial charge in [-0.05, 0) is 30.5 Å². The molecule has 122 valence electrons. The van der Waals surface area contributed by atoms with Crippen LogP contribution < -0.4 is 5.32 Å². The topological polar surface area (TPSA) is 61.8 Å². The normalized spacial score (nSPS) is 22.0. The van der Waals surface area contributed by atoms with Crippen LogP contribution in [0.15, 0.2) is 18.2 Å². The van der Waals surface area contributed by atoms with Gasteiger partial charge in [-0.3, -0.25) is 9.69 Å². The number of carbonyl (C=O) groups is 1. The zero-order valence-corrected chi connectivity index (χ0v) is 13.0. The summed E-state index contributed by atoms with van der Waals surface area (Å²) < 4.78 is 18.7. The molecule has 1 fully saturated rings. The molecule has 0 aliphatic carbocycles. The minimum atomic E-state index is -0.269. The molecule has 22 heavy (non-hydrogen) atoms. The molecule has 1 aromatic carbocycles. The van der Waals surface area contributed by atoms with Gasteiger partial charge in [-0.15, -0.1) is 0 Å². The number of aliphatic hydroxyl groups excluding tert-OH is 1. The van der Waals surface area contributed by atoms with Gasteiger partial charge in [0.1, 0.15) is 5.82 Å². The molecular formula is C16H23FN2O3. The van der Waals surface area contributed by atoms with Gasteiger partial charge in [0.05, 0.1) is 19.3 Å². The Kier molecular flexibility index (Phi) is 5.88. The number of hydrogen-bond donors (Lipinski definition) is 2. The summed E-state index contributed by atoms with van der Waals surface area (Å²) in [6.45, 7) is 2.84. The monoisotopic (exact) mass is 310 g/mol. The summed E-state index contributed by atoms with van der Waals surface area (Å²) >= 11 is 0. The molecular weight excluding hydrogens is 287 g/mol. The Hall–Kier alpha value is -1.50. The van der Waals surface area contributed by atoms with E-state index in [1.165, 1.54) is 6.07 Å². The second kappa shape index (κ2) is 7.67. The average Bonchev–Trinajstić information content (AvgIpc) is 2.90. The molecule has 1 aliphatic rings. The van der Waals surface area contributed by atoms with Crippen molar-refractivity contribution in [3.8, 4) is 0 Å². The molecule has 1 aliphatic heterocycles. The number of aryl methyl sites for hydroxylation is 1. The molecule has 6 heteroatoms. The second-order valence-corrected chi connectivity index (χ2v) is 5.72. The van der Waals surface area contributed by atoms with E-state index in [1.807, 2.05) is 4.90 Å². The number of methoxy groups -OCH3 is 1. The van der Waals surface area contributed by atoms with Crippen molar-refractivity contribution in [1.82, 2.24) is 10.2 Å². The molecule has 0 saturated carbocycles. The Morgan fingerprint density at radius 2 is 2.32 bits per heavy atom. The molecule has 0 spiro atoms. The predicted octanol–water partition coefficient (Wildman–Crippen LogP) is 0.832. The van der Waals surface area contributed by atoms with Crippen LogP contribution in [0.4, 0.5) is 4.39 Å². The Labute approximate surface area is 130 Å². The largest absolute Gasteiger partial charge is 0.395 e. The van der Waals surface area contributed by atoms with Crippen LogP contribution in [-0.2, 0) is 16.1 Å². The zero-order chi connectivity index (χ0) is 16.1. The van der Waals surface area contributed by atoms with E-state index in [0.29, 0.717) is 18.7 Å². The predicted molar refractivity (Wildman–Crippen MR) is 80.8 cm³/mol. The van der Waals surface area contributed by atoms with Crippen molar-refractivity contribution < 1.29 is 19.0 Å². The van der Waals surface area contributed by atoms with Gasteiger partial charge in [0.2, 0.25) is 5.91 Å². The zero-order valence-electron chi connectivity index (χ0n) is 13.0. The Morgan fingerprint density at radius 3 is 2.95 bits per heavy atom. The molecule has 2 N–H and O–H groups in total. The SMILES string of the molecule is CO[C@H]1C[C@@H](CO)N(CC(=O)NCc2ccc(C)c(F)c2)C1. The van der Waals surface area contributed by atoms with Crippen molar-refractivity contribution in [1.29, 1.82) is 0 Å². The fourth-order valence-corrected chi connectivity index (χ4v) is 2.68. The molecule has 5 nitrogen and oxygen atoms in total.